The average molecular weight is 349 g/mol. The fourth-order valence-electron chi connectivity index (χ4n) is 1.89. The molecule has 5 nitrogen and oxygen atoms in total. The van der Waals surface area contributed by atoms with Crippen molar-refractivity contribution in [2.75, 3.05) is 0 Å². The lowest BCUT2D eigenvalue weighted by Gasteiger charge is -2.16. The highest BCUT2D eigenvalue weighted by molar-refractivity contribution is 7.88. The number of hydrogen-bond acceptors (Lipinski definition) is 5. The Balaban J connectivity index is 3.16. The first-order chi connectivity index (χ1) is 10.6. The van der Waals surface area contributed by atoms with Crippen molar-refractivity contribution in [1.82, 2.24) is 0 Å². The highest BCUT2D eigenvalue weighted by atomic mass is 32.2. The van der Waals surface area contributed by atoms with Crippen LogP contribution in [0.15, 0.2) is 24.3 Å². The van der Waals surface area contributed by atoms with Gasteiger partial charge in [-0.3, -0.25) is 4.79 Å². The number of rotatable bonds is 7. The number of carbonyl (C=O) groups excluding carboxylic acids is 1. The number of hydrogen-bond donors (Lipinski definition) is 0. The van der Waals surface area contributed by atoms with E-state index in [1.807, 2.05) is 6.07 Å². The van der Waals surface area contributed by atoms with E-state index in [1.165, 1.54) is 18.2 Å². The van der Waals surface area contributed by atoms with Gasteiger partial charge in [-0.05, 0) is 25.0 Å². The SMILES string of the molecule is CCC(CCC#N)C(=O)c1ccccc1OS(=O)(=O)C(F)(F)F. The molecule has 1 unspecified atom stereocenters. The van der Waals surface area contributed by atoms with Crippen molar-refractivity contribution in [1.29, 1.82) is 5.26 Å². The summed E-state index contributed by atoms with van der Waals surface area (Å²) < 4.78 is 63.5. The zero-order chi connectivity index (χ0) is 17.7. The second kappa shape index (κ2) is 7.46. The van der Waals surface area contributed by atoms with Crippen LogP contribution in [0.4, 0.5) is 13.2 Å². The number of nitriles is 1. The third-order valence-corrected chi connectivity index (χ3v) is 4.07. The van der Waals surface area contributed by atoms with Crippen molar-refractivity contribution < 1.29 is 30.6 Å². The first-order valence-corrected chi connectivity index (χ1v) is 8.05. The first kappa shape index (κ1) is 19.0. The highest BCUT2D eigenvalue weighted by Crippen LogP contribution is 2.31. The molecule has 1 rings (SSSR count). The van der Waals surface area contributed by atoms with Crippen LogP contribution in [-0.4, -0.2) is 19.7 Å². The molecule has 0 N–H and O–H groups in total. The van der Waals surface area contributed by atoms with Gasteiger partial charge in [0.15, 0.2) is 11.5 Å². The largest absolute Gasteiger partial charge is 0.534 e. The molecule has 126 valence electrons. The Labute approximate surface area is 131 Å². The topological polar surface area (TPSA) is 84.2 Å². The van der Waals surface area contributed by atoms with Crippen LogP contribution in [0.2, 0.25) is 0 Å². The lowest BCUT2D eigenvalue weighted by molar-refractivity contribution is -0.0500. The Morgan fingerprint density at radius 1 is 1.35 bits per heavy atom. The van der Waals surface area contributed by atoms with Gasteiger partial charge in [-0.1, -0.05) is 19.1 Å². The molecule has 0 amide bonds. The van der Waals surface area contributed by atoms with Crippen LogP contribution in [0, 0.1) is 17.2 Å². The van der Waals surface area contributed by atoms with Crippen molar-refractivity contribution in [3.63, 3.8) is 0 Å². The summed E-state index contributed by atoms with van der Waals surface area (Å²) >= 11 is 0. The van der Waals surface area contributed by atoms with Gasteiger partial charge in [0, 0.05) is 12.3 Å². The summed E-state index contributed by atoms with van der Waals surface area (Å²) in [6, 6.07) is 6.70. The van der Waals surface area contributed by atoms with Crippen molar-refractivity contribution in [3.05, 3.63) is 29.8 Å². The van der Waals surface area contributed by atoms with Gasteiger partial charge in [0.2, 0.25) is 0 Å². The number of nitrogens with zero attached hydrogens (tertiary/aromatic N) is 1. The number of alkyl halides is 3. The van der Waals surface area contributed by atoms with E-state index in [1.54, 1.807) is 6.92 Å². The van der Waals surface area contributed by atoms with Crippen LogP contribution in [0.1, 0.15) is 36.5 Å². The molecule has 0 saturated carbocycles. The Hall–Kier alpha value is -2.08. The Bertz CT molecular complexity index is 707. The summed E-state index contributed by atoms with van der Waals surface area (Å²) in [5.74, 6) is -1.84. The number of halogens is 3. The molecule has 0 aliphatic carbocycles. The zero-order valence-corrected chi connectivity index (χ0v) is 12.9. The van der Waals surface area contributed by atoms with Gasteiger partial charge in [0.05, 0.1) is 11.6 Å². The normalized spacial score (nSPS) is 13.2. The van der Waals surface area contributed by atoms with Gasteiger partial charge in [-0.25, -0.2) is 0 Å². The monoisotopic (exact) mass is 349 g/mol. The van der Waals surface area contributed by atoms with E-state index < -0.39 is 33.1 Å². The molecule has 0 aromatic heterocycles. The second-order valence-electron chi connectivity index (χ2n) is 4.65. The molecule has 1 aromatic rings. The average Bonchev–Trinajstić information content (AvgIpc) is 2.46. The van der Waals surface area contributed by atoms with Crippen molar-refractivity contribution >= 4 is 15.9 Å². The minimum Gasteiger partial charge on any atom is -0.375 e. The fraction of sp³-hybridized carbons (Fsp3) is 0.429. The minimum absolute atomic E-state index is 0.105. The van der Waals surface area contributed by atoms with Gasteiger partial charge in [-0.2, -0.15) is 26.9 Å². The zero-order valence-electron chi connectivity index (χ0n) is 12.1. The summed E-state index contributed by atoms with van der Waals surface area (Å²) in [6.45, 7) is 1.69. The third-order valence-electron chi connectivity index (χ3n) is 3.10. The Morgan fingerprint density at radius 2 is 1.96 bits per heavy atom. The molecule has 0 aliphatic heterocycles. The van der Waals surface area contributed by atoms with Crippen LogP contribution in [0.5, 0.6) is 5.75 Å². The molecule has 1 aromatic carbocycles. The minimum atomic E-state index is -5.86. The molecule has 23 heavy (non-hydrogen) atoms. The molecule has 0 spiro atoms. The molecule has 0 aliphatic rings. The van der Waals surface area contributed by atoms with Crippen LogP contribution < -0.4 is 4.18 Å². The van der Waals surface area contributed by atoms with Crippen molar-refractivity contribution in [3.8, 4) is 11.8 Å². The fourth-order valence-corrected chi connectivity index (χ4v) is 2.36. The maximum atomic E-state index is 12.4. The maximum absolute atomic E-state index is 12.4. The van der Waals surface area contributed by atoms with Crippen LogP contribution in [-0.2, 0) is 10.1 Å². The van der Waals surface area contributed by atoms with Gasteiger partial charge < -0.3 is 4.18 Å². The third kappa shape index (κ3) is 4.69. The lowest BCUT2D eigenvalue weighted by atomic mass is 9.91. The molecule has 0 bridgehead atoms. The van der Waals surface area contributed by atoms with Crippen LogP contribution in [0.25, 0.3) is 0 Å². The van der Waals surface area contributed by atoms with E-state index >= 15 is 0 Å². The van der Waals surface area contributed by atoms with Crippen molar-refractivity contribution in [2.24, 2.45) is 5.92 Å². The molecule has 0 heterocycles. The predicted octanol–water partition coefficient (Wildman–Crippen LogP) is 3.43. The van der Waals surface area contributed by atoms with E-state index in [4.69, 9.17) is 5.26 Å². The highest BCUT2D eigenvalue weighted by Gasteiger charge is 2.49. The standard InChI is InChI=1S/C14H14F3NO4S/c1-2-10(6-5-9-18)13(19)11-7-3-4-8-12(11)22-23(20,21)14(15,16)17/h3-4,7-8,10H,2,5-6H2,1H3. The first-order valence-electron chi connectivity index (χ1n) is 6.65. The number of benzene rings is 1. The smallest absolute Gasteiger partial charge is 0.375 e. The van der Waals surface area contributed by atoms with Crippen molar-refractivity contribution in [2.45, 2.75) is 31.7 Å². The molecule has 9 heteroatoms. The molecular weight excluding hydrogens is 335 g/mol. The lowest BCUT2D eigenvalue weighted by Crippen LogP contribution is -2.29. The van der Waals surface area contributed by atoms with E-state index in [-0.39, 0.29) is 18.4 Å². The van der Waals surface area contributed by atoms with Gasteiger partial charge >= 0.3 is 15.6 Å². The number of para-hydroxylation sites is 1. The molecule has 0 fully saturated rings. The van der Waals surface area contributed by atoms with E-state index in [2.05, 4.69) is 4.18 Å². The summed E-state index contributed by atoms with van der Waals surface area (Å²) in [4.78, 5) is 12.4. The number of ketones is 1. The van der Waals surface area contributed by atoms with Crippen LogP contribution in [0.3, 0.4) is 0 Å². The van der Waals surface area contributed by atoms with Gasteiger partial charge in [-0.15, -0.1) is 0 Å². The molecular formula is C14H14F3NO4S. The van der Waals surface area contributed by atoms with E-state index in [9.17, 15) is 26.4 Å². The summed E-state index contributed by atoms with van der Waals surface area (Å²) in [5, 5.41) is 8.57. The maximum Gasteiger partial charge on any atom is 0.534 e. The second-order valence-corrected chi connectivity index (χ2v) is 6.18. The quantitative estimate of drug-likeness (QED) is 0.428. The number of carbonyl (C=O) groups is 1. The molecule has 0 saturated heterocycles. The Morgan fingerprint density at radius 3 is 2.48 bits per heavy atom. The molecule has 1 atom stereocenters. The Kier molecular flexibility index (Phi) is 6.15. The van der Waals surface area contributed by atoms with Gasteiger partial charge in [0.25, 0.3) is 0 Å². The molecule has 0 radical (unpaired) electrons. The van der Waals surface area contributed by atoms with E-state index in [0.29, 0.717) is 6.42 Å². The van der Waals surface area contributed by atoms with Crippen LogP contribution >= 0.6 is 0 Å². The summed E-state index contributed by atoms with van der Waals surface area (Å²) in [6.07, 6.45) is 0.696. The van der Waals surface area contributed by atoms with E-state index in [0.717, 1.165) is 6.07 Å². The van der Waals surface area contributed by atoms with Gasteiger partial charge in [0.1, 0.15) is 0 Å². The number of Topliss-reactive ketones (excluding diaryl/α,β-unsaturated/α-hetero) is 1. The summed E-state index contributed by atoms with van der Waals surface area (Å²) in [7, 11) is -5.86. The predicted molar refractivity (Wildman–Crippen MR) is 75.0 cm³/mol. The summed E-state index contributed by atoms with van der Waals surface area (Å²) in [5.41, 5.74) is -5.85.